The van der Waals surface area contributed by atoms with Crippen molar-refractivity contribution >= 4 is 28.3 Å². The molecule has 0 bridgehead atoms. The Bertz CT molecular complexity index is 1200. The molecule has 33 heavy (non-hydrogen) atoms. The van der Waals surface area contributed by atoms with Gasteiger partial charge >= 0.3 is 5.97 Å². The first-order valence-electron chi connectivity index (χ1n) is 11.2. The standard InChI is InChI=1S/C28H27NO4/c30-27(31)15-14-22-12-13-24(28(32)29-25-8-2-1-3-9-25)19-26(22)33-17-16-20-10-11-21-6-4-5-7-23(21)18-20/h1-12,18-19,24H,13-17H2,(H,29,32)(H,30,31). The molecule has 4 rings (SSSR count). The largest absolute Gasteiger partial charge is 0.493 e. The third-order valence-corrected chi connectivity index (χ3v) is 5.74. The van der Waals surface area contributed by atoms with E-state index in [-0.39, 0.29) is 18.2 Å². The number of carbonyl (C=O) groups excluding carboxylic acids is 1. The summed E-state index contributed by atoms with van der Waals surface area (Å²) in [7, 11) is 0. The molecule has 0 saturated heterocycles. The van der Waals surface area contributed by atoms with Crippen molar-refractivity contribution in [2.24, 2.45) is 5.92 Å². The highest BCUT2D eigenvalue weighted by atomic mass is 16.5. The molecule has 2 N–H and O–H groups in total. The molecule has 168 valence electrons. The van der Waals surface area contributed by atoms with E-state index in [0.29, 0.717) is 25.2 Å². The quantitative estimate of drug-likeness (QED) is 0.444. The van der Waals surface area contributed by atoms with Crippen LogP contribution >= 0.6 is 0 Å². The van der Waals surface area contributed by atoms with Crippen LogP contribution in [0.15, 0.2) is 96.3 Å². The number of rotatable bonds is 9. The van der Waals surface area contributed by atoms with Gasteiger partial charge in [-0.25, -0.2) is 0 Å². The Kier molecular flexibility index (Phi) is 7.20. The number of fused-ring (bicyclic) bond motifs is 1. The van der Waals surface area contributed by atoms with Crippen molar-refractivity contribution in [3.05, 3.63) is 102 Å². The lowest BCUT2D eigenvalue weighted by atomic mass is 9.92. The number of anilines is 1. The molecule has 0 aliphatic heterocycles. The first-order chi connectivity index (χ1) is 16.1. The summed E-state index contributed by atoms with van der Waals surface area (Å²) in [6.45, 7) is 0.446. The highest BCUT2D eigenvalue weighted by Gasteiger charge is 2.23. The van der Waals surface area contributed by atoms with Gasteiger partial charge in [-0.15, -0.1) is 0 Å². The summed E-state index contributed by atoms with van der Waals surface area (Å²) >= 11 is 0. The normalized spacial score (nSPS) is 15.5. The van der Waals surface area contributed by atoms with Crippen LogP contribution in [-0.2, 0) is 20.7 Å². The first kappa shape index (κ1) is 22.3. The zero-order valence-electron chi connectivity index (χ0n) is 18.4. The van der Waals surface area contributed by atoms with Crippen LogP contribution in [0, 0.1) is 5.92 Å². The van der Waals surface area contributed by atoms with Crippen molar-refractivity contribution in [2.45, 2.75) is 25.7 Å². The molecule has 5 nitrogen and oxygen atoms in total. The lowest BCUT2D eigenvalue weighted by Crippen LogP contribution is -2.23. The first-order valence-corrected chi connectivity index (χ1v) is 11.2. The molecule has 1 unspecified atom stereocenters. The summed E-state index contributed by atoms with van der Waals surface area (Å²) in [5.41, 5.74) is 2.76. The van der Waals surface area contributed by atoms with Crippen LogP contribution in [0.1, 0.15) is 24.8 Å². The van der Waals surface area contributed by atoms with Crippen molar-refractivity contribution in [3.63, 3.8) is 0 Å². The molecule has 5 heteroatoms. The molecule has 3 aromatic rings. The molecule has 1 amide bonds. The van der Waals surface area contributed by atoms with E-state index in [0.717, 1.165) is 17.7 Å². The van der Waals surface area contributed by atoms with Crippen LogP contribution in [-0.4, -0.2) is 23.6 Å². The molecule has 0 spiro atoms. The van der Waals surface area contributed by atoms with E-state index in [1.165, 1.54) is 16.3 Å². The zero-order valence-corrected chi connectivity index (χ0v) is 18.4. The molecule has 0 radical (unpaired) electrons. The smallest absolute Gasteiger partial charge is 0.303 e. The second-order valence-corrected chi connectivity index (χ2v) is 8.13. The number of hydrogen-bond donors (Lipinski definition) is 2. The van der Waals surface area contributed by atoms with Crippen LogP contribution in [0.2, 0.25) is 0 Å². The fraction of sp³-hybridized carbons (Fsp3) is 0.214. The molecule has 0 aromatic heterocycles. The van der Waals surface area contributed by atoms with Crippen molar-refractivity contribution in [2.75, 3.05) is 11.9 Å². The molecular formula is C28H27NO4. The zero-order chi connectivity index (χ0) is 23.0. The van der Waals surface area contributed by atoms with Gasteiger partial charge in [-0.05, 0) is 53.0 Å². The molecule has 0 heterocycles. The van der Waals surface area contributed by atoms with Gasteiger partial charge in [0.15, 0.2) is 0 Å². The van der Waals surface area contributed by atoms with E-state index < -0.39 is 5.97 Å². The van der Waals surface area contributed by atoms with Crippen molar-refractivity contribution in [1.82, 2.24) is 0 Å². The van der Waals surface area contributed by atoms with Gasteiger partial charge in [-0.3, -0.25) is 9.59 Å². The molecule has 3 aromatic carbocycles. The van der Waals surface area contributed by atoms with Crippen LogP contribution in [0.3, 0.4) is 0 Å². The summed E-state index contributed by atoms with van der Waals surface area (Å²) in [5.74, 6) is -0.716. The third kappa shape index (κ3) is 6.10. The lowest BCUT2D eigenvalue weighted by Gasteiger charge is -2.22. The monoisotopic (exact) mass is 441 g/mol. The van der Waals surface area contributed by atoms with Crippen molar-refractivity contribution in [1.29, 1.82) is 0 Å². The molecular weight excluding hydrogens is 414 g/mol. The number of carbonyl (C=O) groups is 2. The van der Waals surface area contributed by atoms with Gasteiger partial charge < -0.3 is 15.2 Å². The van der Waals surface area contributed by atoms with E-state index in [1.807, 2.05) is 54.6 Å². The summed E-state index contributed by atoms with van der Waals surface area (Å²) in [4.78, 5) is 23.8. The lowest BCUT2D eigenvalue weighted by molar-refractivity contribution is -0.137. The summed E-state index contributed by atoms with van der Waals surface area (Å²) in [6, 6.07) is 23.9. The maximum atomic E-state index is 12.8. The van der Waals surface area contributed by atoms with Crippen molar-refractivity contribution in [3.8, 4) is 0 Å². The molecule has 1 aliphatic carbocycles. The highest BCUT2D eigenvalue weighted by molar-refractivity contribution is 5.94. The van der Waals surface area contributed by atoms with Gasteiger partial charge in [0, 0.05) is 18.5 Å². The SMILES string of the molecule is O=C(O)CCC1=CCC(C(=O)Nc2ccccc2)C=C1OCCc1ccc2ccccc2c1. The third-order valence-electron chi connectivity index (χ3n) is 5.74. The minimum Gasteiger partial charge on any atom is -0.493 e. The van der Waals surface area contributed by atoms with E-state index in [9.17, 15) is 9.59 Å². The average Bonchev–Trinajstić information content (AvgIpc) is 2.83. The molecule has 1 aliphatic rings. The maximum absolute atomic E-state index is 12.8. The number of benzene rings is 3. The van der Waals surface area contributed by atoms with Gasteiger partial charge in [0.1, 0.15) is 5.76 Å². The fourth-order valence-corrected chi connectivity index (χ4v) is 3.95. The van der Waals surface area contributed by atoms with Gasteiger partial charge in [0.2, 0.25) is 5.91 Å². The summed E-state index contributed by atoms with van der Waals surface area (Å²) in [6.07, 6.45) is 5.40. The number of carboxylic acid groups (broad SMARTS) is 1. The Morgan fingerprint density at radius 1 is 0.939 bits per heavy atom. The minimum atomic E-state index is -0.852. The van der Waals surface area contributed by atoms with Crippen LogP contribution < -0.4 is 5.32 Å². The Morgan fingerprint density at radius 2 is 1.70 bits per heavy atom. The Labute approximate surface area is 193 Å². The van der Waals surface area contributed by atoms with Gasteiger partial charge in [-0.1, -0.05) is 66.7 Å². The predicted molar refractivity (Wildman–Crippen MR) is 130 cm³/mol. The molecule has 1 atom stereocenters. The van der Waals surface area contributed by atoms with Gasteiger partial charge in [0.25, 0.3) is 0 Å². The molecule has 0 saturated carbocycles. The van der Waals surface area contributed by atoms with Crippen LogP contribution in [0.25, 0.3) is 10.8 Å². The Morgan fingerprint density at radius 3 is 2.48 bits per heavy atom. The number of carboxylic acids is 1. The number of allylic oxidation sites excluding steroid dienone is 2. The summed E-state index contributed by atoms with van der Waals surface area (Å²) < 4.78 is 6.09. The van der Waals surface area contributed by atoms with E-state index in [4.69, 9.17) is 9.84 Å². The van der Waals surface area contributed by atoms with E-state index in [1.54, 1.807) is 0 Å². The van der Waals surface area contributed by atoms with Gasteiger partial charge in [0.05, 0.1) is 12.5 Å². The predicted octanol–water partition coefficient (Wildman–Crippen LogP) is 5.73. The second-order valence-electron chi connectivity index (χ2n) is 8.13. The van der Waals surface area contributed by atoms with Crippen LogP contribution in [0.5, 0.6) is 0 Å². The van der Waals surface area contributed by atoms with E-state index in [2.05, 4.69) is 35.6 Å². The fourth-order valence-electron chi connectivity index (χ4n) is 3.95. The average molecular weight is 442 g/mol. The second kappa shape index (κ2) is 10.6. The number of nitrogens with one attached hydrogen (secondary N) is 1. The number of hydrogen-bond acceptors (Lipinski definition) is 3. The topological polar surface area (TPSA) is 75.6 Å². The summed E-state index contributed by atoms with van der Waals surface area (Å²) in [5, 5.41) is 14.4. The Balaban J connectivity index is 1.43. The number of amides is 1. The highest BCUT2D eigenvalue weighted by Crippen LogP contribution is 2.28. The van der Waals surface area contributed by atoms with Crippen LogP contribution in [0.4, 0.5) is 5.69 Å². The van der Waals surface area contributed by atoms with E-state index >= 15 is 0 Å². The Hall–Kier alpha value is -3.86. The maximum Gasteiger partial charge on any atom is 0.303 e. The number of aliphatic carboxylic acids is 1. The van der Waals surface area contributed by atoms with Crippen molar-refractivity contribution < 1.29 is 19.4 Å². The molecule has 0 fully saturated rings. The number of ether oxygens (including phenoxy) is 1. The van der Waals surface area contributed by atoms with Gasteiger partial charge in [-0.2, -0.15) is 0 Å². The minimum absolute atomic E-state index is 0.0259. The number of para-hydroxylation sites is 1.